The average Bonchev–Trinajstić information content (AvgIpc) is 3.54. The van der Waals surface area contributed by atoms with Gasteiger partial charge in [-0.25, -0.2) is 19.3 Å². The van der Waals surface area contributed by atoms with E-state index in [9.17, 15) is 13.2 Å². The average molecular weight is 483 g/mol. The highest BCUT2D eigenvalue weighted by molar-refractivity contribution is 7.94. The number of imidazole rings is 1. The monoisotopic (exact) mass is 482 g/mol. The molecule has 2 N–H and O–H groups in total. The molecule has 0 radical (unpaired) electrons. The summed E-state index contributed by atoms with van der Waals surface area (Å²) in [6.07, 6.45) is 5.09. The third kappa shape index (κ3) is 3.52. The molecule has 2 fully saturated rings. The molecule has 1 aliphatic carbocycles. The van der Waals surface area contributed by atoms with Gasteiger partial charge in [-0.2, -0.15) is 8.42 Å². The van der Waals surface area contributed by atoms with Gasteiger partial charge in [-0.1, -0.05) is 12.1 Å². The number of anilines is 3. The third-order valence-corrected chi connectivity index (χ3v) is 8.31. The number of carbonyl (C=O) groups excluding carboxylic acids is 1. The normalized spacial score (nSPS) is 19.8. The lowest BCUT2D eigenvalue weighted by Crippen LogP contribution is -2.47. The summed E-state index contributed by atoms with van der Waals surface area (Å²) < 4.78 is 31.4. The molecule has 0 unspecified atom stereocenters. The maximum absolute atomic E-state index is 12.8. The summed E-state index contributed by atoms with van der Waals surface area (Å²) in [4.78, 5) is 28.2. The van der Waals surface area contributed by atoms with E-state index in [0.29, 0.717) is 72.6 Å². The van der Waals surface area contributed by atoms with Gasteiger partial charge in [0.05, 0.1) is 17.4 Å². The van der Waals surface area contributed by atoms with Crippen LogP contribution < -0.4 is 19.2 Å². The predicted molar refractivity (Wildman–Crippen MR) is 128 cm³/mol. The molecule has 2 aliphatic heterocycles. The summed E-state index contributed by atoms with van der Waals surface area (Å²) in [6.45, 7) is 1.90. The van der Waals surface area contributed by atoms with Crippen molar-refractivity contribution in [2.24, 2.45) is 13.0 Å². The first-order chi connectivity index (χ1) is 16.4. The number of nitrogens with zero attached hydrogens (tertiary/aromatic N) is 6. The Hall–Kier alpha value is -3.41. The number of fused-ring (bicyclic) bond motifs is 2. The van der Waals surface area contributed by atoms with E-state index in [1.807, 2.05) is 18.2 Å². The number of amides is 1. The van der Waals surface area contributed by atoms with Gasteiger partial charge in [-0.15, -0.1) is 0 Å². The van der Waals surface area contributed by atoms with Crippen molar-refractivity contribution < 1.29 is 13.2 Å². The molecule has 178 valence electrons. The van der Waals surface area contributed by atoms with Crippen molar-refractivity contribution in [3.05, 3.63) is 36.4 Å². The van der Waals surface area contributed by atoms with Crippen LogP contribution in [0.5, 0.6) is 0 Å². The van der Waals surface area contributed by atoms with E-state index in [0.717, 1.165) is 12.8 Å². The summed E-state index contributed by atoms with van der Waals surface area (Å²) >= 11 is 0. The molecule has 0 spiro atoms. The molecule has 1 saturated heterocycles. The lowest BCUT2D eigenvalue weighted by molar-refractivity contribution is 0.0938. The number of hydrogen-bond acceptors (Lipinski definition) is 7. The van der Waals surface area contributed by atoms with E-state index in [2.05, 4.69) is 29.9 Å². The van der Waals surface area contributed by atoms with E-state index in [-0.39, 0.29) is 11.9 Å². The van der Waals surface area contributed by atoms with Gasteiger partial charge in [0, 0.05) is 26.7 Å². The Kier molecular flexibility index (Phi) is 4.87. The highest BCUT2D eigenvalue weighted by Crippen LogP contribution is 2.39. The molecule has 0 bridgehead atoms. The second-order valence-electron chi connectivity index (χ2n) is 9.16. The molecular weight excluding hydrogens is 456 g/mol. The molecule has 6 rings (SSSR count). The fourth-order valence-corrected chi connectivity index (χ4v) is 6.40. The zero-order valence-corrected chi connectivity index (χ0v) is 19.6. The van der Waals surface area contributed by atoms with Crippen LogP contribution in [0.4, 0.5) is 17.2 Å². The number of carbonyl (C=O) groups is 1. The van der Waals surface area contributed by atoms with Crippen LogP contribution in [0.15, 0.2) is 30.6 Å². The largest absolute Gasteiger partial charge is 0.354 e. The maximum Gasteiger partial charge on any atom is 0.324 e. The number of para-hydroxylation sites is 2. The first-order valence-corrected chi connectivity index (χ1v) is 13.0. The molecule has 0 atom stereocenters. The van der Waals surface area contributed by atoms with Crippen molar-refractivity contribution in [1.82, 2.24) is 24.8 Å². The molecule has 11 nitrogen and oxygen atoms in total. The minimum Gasteiger partial charge on any atom is -0.354 e. The van der Waals surface area contributed by atoms with Gasteiger partial charge >= 0.3 is 10.2 Å². The van der Waals surface area contributed by atoms with Crippen molar-refractivity contribution >= 4 is 44.5 Å². The Morgan fingerprint density at radius 2 is 1.91 bits per heavy atom. The lowest BCUT2D eigenvalue weighted by atomic mass is 10.0. The number of piperidine rings is 1. The van der Waals surface area contributed by atoms with Gasteiger partial charge < -0.3 is 14.8 Å². The number of rotatable bonds is 5. The van der Waals surface area contributed by atoms with Crippen molar-refractivity contribution in [3.63, 3.8) is 0 Å². The summed E-state index contributed by atoms with van der Waals surface area (Å²) in [6, 6.07) is 7.12. The predicted octanol–water partition coefficient (Wildman–Crippen LogP) is 1.65. The Morgan fingerprint density at radius 1 is 1.15 bits per heavy atom. The maximum atomic E-state index is 12.8. The van der Waals surface area contributed by atoms with Gasteiger partial charge in [0.15, 0.2) is 17.0 Å². The molecule has 3 aliphatic rings. The summed E-state index contributed by atoms with van der Waals surface area (Å²) in [7, 11) is -1.82. The zero-order valence-electron chi connectivity index (χ0n) is 18.8. The molecule has 2 aromatic heterocycles. The summed E-state index contributed by atoms with van der Waals surface area (Å²) in [5.74, 6) is 1.36. The van der Waals surface area contributed by atoms with Crippen molar-refractivity contribution in [1.29, 1.82) is 0 Å². The first-order valence-electron chi connectivity index (χ1n) is 11.5. The zero-order chi connectivity index (χ0) is 23.4. The topological polar surface area (TPSA) is 125 Å². The minimum atomic E-state index is -3.60. The van der Waals surface area contributed by atoms with Crippen LogP contribution in [-0.4, -0.2) is 59.5 Å². The van der Waals surface area contributed by atoms with E-state index in [1.54, 1.807) is 17.7 Å². The highest BCUT2D eigenvalue weighted by atomic mass is 32.2. The number of aromatic nitrogens is 4. The van der Waals surface area contributed by atoms with Gasteiger partial charge in [0.25, 0.3) is 5.91 Å². The first kappa shape index (κ1) is 21.1. The fourth-order valence-electron chi connectivity index (χ4n) is 4.83. The Balaban J connectivity index is 1.23. The van der Waals surface area contributed by atoms with Crippen LogP contribution in [0.3, 0.4) is 0 Å². The Morgan fingerprint density at radius 3 is 2.68 bits per heavy atom. The minimum absolute atomic E-state index is 0.151. The van der Waals surface area contributed by atoms with Crippen LogP contribution in [0.2, 0.25) is 0 Å². The van der Waals surface area contributed by atoms with Gasteiger partial charge in [0.2, 0.25) is 5.82 Å². The molecule has 34 heavy (non-hydrogen) atoms. The van der Waals surface area contributed by atoms with Crippen LogP contribution in [0.25, 0.3) is 11.2 Å². The Bertz CT molecular complexity index is 1380. The van der Waals surface area contributed by atoms with E-state index in [1.165, 1.54) is 10.6 Å². The number of aryl methyl sites for hydroxylation is 1. The molecule has 3 aromatic rings. The molecule has 4 heterocycles. The van der Waals surface area contributed by atoms with E-state index >= 15 is 0 Å². The van der Waals surface area contributed by atoms with Gasteiger partial charge in [0.1, 0.15) is 6.33 Å². The van der Waals surface area contributed by atoms with Crippen molar-refractivity contribution in [3.8, 4) is 0 Å². The molecular formula is C22H26N8O3S. The highest BCUT2D eigenvalue weighted by Gasteiger charge is 2.39. The van der Waals surface area contributed by atoms with Crippen molar-refractivity contribution in [2.45, 2.75) is 31.7 Å². The smallest absolute Gasteiger partial charge is 0.324 e. The number of hydrogen-bond donors (Lipinski definition) is 2. The molecule has 12 heteroatoms. The van der Waals surface area contributed by atoms with Crippen LogP contribution in [0.1, 0.15) is 36.3 Å². The second-order valence-corrected chi connectivity index (χ2v) is 10.7. The summed E-state index contributed by atoms with van der Waals surface area (Å²) in [5.41, 5.74) is 2.49. The van der Waals surface area contributed by atoms with Crippen LogP contribution in [-0.2, 0) is 17.3 Å². The van der Waals surface area contributed by atoms with E-state index in [4.69, 9.17) is 0 Å². The third-order valence-electron chi connectivity index (χ3n) is 6.82. The molecule has 1 saturated carbocycles. The molecule has 1 aromatic carbocycles. The van der Waals surface area contributed by atoms with Gasteiger partial charge in [-0.3, -0.25) is 9.52 Å². The van der Waals surface area contributed by atoms with Crippen LogP contribution >= 0.6 is 0 Å². The molecule has 1 amide bonds. The second kappa shape index (κ2) is 7.83. The van der Waals surface area contributed by atoms with Gasteiger partial charge in [-0.05, 0) is 43.7 Å². The number of nitrogens with one attached hydrogen (secondary N) is 2. The van der Waals surface area contributed by atoms with E-state index < -0.39 is 10.2 Å². The SMILES string of the molecule is Cn1c(C(=O)NCC2CC2)nc2c(N3CCC(N4c5ccccc5NS4(=O)=O)CC3)ncnc21. The van der Waals surface area contributed by atoms with Crippen LogP contribution in [0, 0.1) is 5.92 Å². The standard InChI is InChI=1S/C22H26N8O3S/c1-28-19-18(26-21(28)22(31)23-12-14-6-7-14)20(25-13-24-19)29-10-8-15(9-11-29)30-17-5-3-2-4-16(17)27-34(30,32)33/h2-5,13-15,27H,6-12H2,1H3,(H,23,31). The van der Waals surface area contributed by atoms with Crippen molar-refractivity contribution in [2.75, 3.05) is 33.6 Å². The summed E-state index contributed by atoms with van der Waals surface area (Å²) in [5, 5.41) is 2.96. The number of benzene rings is 1. The Labute approximate surface area is 197 Å². The lowest BCUT2D eigenvalue weighted by Gasteiger charge is -2.36. The fraction of sp³-hybridized carbons (Fsp3) is 0.455. The quantitative estimate of drug-likeness (QED) is 0.566.